The average molecular weight is 357 g/mol. The molecule has 1 aromatic carbocycles. The molecule has 1 spiro atoms. The number of carbonyl (C=O) groups is 2. The zero-order valence-electron chi connectivity index (χ0n) is 16.0. The van der Waals surface area contributed by atoms with Gasteiger partial charge in [0.25, 0.3) is 0 Å². The highest BCUT2D eigenvalue weighted by Gasteiger charge is 2.52. The van der Waals surface area contributed by atoms with Gasteiger partial charge in [-0.25, -0.2) is 4.79 Å². The molecular formula is C21H31N3O2. The van der Waals surface area contributed by atoms with Gasteiger partial charge >= 0.3 is 6.03 Å². The number of nitrogens with zero attached hydrogens (tertiary/aromatic N) is 1. The third-order valence-electron chi connectivity index (χ3n) is 6.12. The van der Waals surface area contributed by atoms with Gasteiger partial charge in [-0.2, -0.15) is 0 Å². The van der Waals surface area contributed by atoms with E-state index < -0.39 is 0 Å². The van der Waals surface area contributed by atoms with Gasteiger partial charge in [-0.05, 0) is 43.4 Å². The number of hydrogen-bond acceptors (Lipinski definition) is 2. The summed E-state index contributed by atoms with van der Waals surface area (Å²) in [7, 11) is 1.69. The first-order valence-corrected chi connectivity index (χ1v) is 9.94. The molecule has 1 aliphatic carbocycles. The summed E-state index contributed by atoms with van der Waals surface area (Å²) in [5.41, 5.74) is 2.09. The van der Waals surface area contributed by atoms with E-state index in [-0.39, 0.29) is 23.3 Å². The molecule has 1 atom stereocenters. The Hall–Kier alpha value is -2.04. The number of rotatable bonds is 5. The molecule has 5 nitrogen and oxygen atoms in total. The summed E-state index contributed by atoms with van der Waals surface area (Å²) < 4.78 is 0. The molecule has 1 aromatic rings. The smallest absolute Gasteiger partial charge is 0.321 e. The summed E-state index contributed by atoms with van der Waals surface area (Å²) in [5, 5.41) is 5.80. The molecule has 3 rings (SSSR count). The number of urea groups is 1. The van der Waals surface area contributed by atoms with Crippen LogP contribution in [0.25, 0.3) is 0 Å². The maximum absolute atomic E-state index is 12.8. The van der Waals surface area contributed by atoms with Gasteiger partial charge in [-0.3, -0.25) is 4.79 Å². The molecule has 2 aliphatic rings. The van der Waals surface area contributed by atoms with E-state index in [4.69, 9.17) is 0 Å². The van der Waals surface area contributed by atoms with E-state index in [2.05, 4.69) is 29.7 Å². The molecule has 0 radical (unpaired) electrons. The van der Waals surface area contributed by atoms with Crippen molar-refractivity contribution in [2.45, 2.75) is 51.9 Å². The topological polar surface area (TPSA) is 61.4 Å². The van der Waals surface area contributed by atoms with Gasteiger partial charge < -0.3 is 15.5 Å². The van der Waals surface area contributed by atoms with Crippen LogP contribution in [0, 0.1) is 11.3 Å². The summed E-state index contributed by atoms with van der Waals surface area (Å²) in [6.07, 6.45) is 7.84. The van der Waals surface area contributed by atoms with Gasteiger partial charge in [0.05, 0.1) is 5.92 Å². The summed E-state index contributed by atoms with van der Waals surface area (Å²) in [6, 6.07) is 8.02. The van der Waals surface area contributed by atoms with Crippen LogP contribution in [0.1, 0.15) is 51.0 Å². The third-order valence-corrected chi connectivity index (χ3v) is 6.12. The van der Waals surface area contributed by atoms with Crippen LogP contribution in [0.5, 0.6) is 0 Å². The Kier molecular flexibility index (Phi) is 5.84. The van der Waals surface area contributed by atoms with Crippen LogP contribution in [-0.4, -0.2) is 37.0 Å². The molecule has 0 unspecified atom stereocenters. The molecule has 3 amide bonds. The zero-order chi connectivity index (χ0) is 18.6. The first kappa shape index (κ1) is 18.7. The first-order valence-electron chi connectivity index (χ1n) is 9.94. The number of likely N-dealkylation sites (tertiary alicyclic amines) is 1. The number of hydrogen-bond donors (Lipinski definition) is 2. The van der Waals surface area contributed by atoms with E-state index in [1.807, 2.05) is 17.0 Å². The Bertz CT molecular complexity index is 635. The minimum atomic E-state index is -0.0935. The molecular weight excluding hydrogens is 326 g/mol. The number of nitrogens with one attached hydrogen (secondary N) is 2. The predicted octanol–water partition coefficient (Wildman–Crippen LogP) is 3.80. The summed E-state index contributed by atoms with van der Waals surface area (Å²) in [6.45, 7) is 3.39. The van der Waals surface area contributed by atoms with Crippen molar-refractivity contribution in [2.75, 3.05) is 25.5 Å². The minimum Gasteiger partial charge on any atom is -0.359 e. The number of anilines is 1. The van der Waals surface area contributed by atoms with Crippen molar-refractivity contribution in [3.8, 4) is 0 Å². The number of carbonyl (C=O) groups excluding carboxylic acids is 2. The van der Waals surface area contributed by atoms with Crippen molar-refractivity contribution in [3.63, 3.8) is 0 Å². The van der Waals surface area contributed by atoms with Gasteiger partial charge in [0.2, 0.25) is 5.91 Å². The standard InChI is InChI=1S/C21H31N3O2/c1-3-4-7-16-8-10-17(11-9-16)23-20(26)24-14-18(19(25)22-2)21(15-24)12-5-6-13-21/h8-11,18H,3-7,12-15H2,1-2H3,(H,22,25)(H,23,26)/t18-/m1/s1. The fourth-order valence-corrected chi connectivity index (χ4v) is 4.58. The maximum atomic E-state index is 12.8. The van der Waals surface area contributed by atoms with E-state index in [0.29, 0.717) is 13.1 Å². The van der Waals surface area contributed by atoms with Gasteiger partial charge in [-0.15, -0.1) is 0 Å². The van der Waals surface area contributed by atoms with Crippen LogP contribution >= 0.6 is 0 Å². The second-order valence-electron chi connectivity index (χ2n) is 7.85. The normalized spacial score (nSPS) is 21.2. The molecule has 5 heteroatoms. The summed E-state index contributed by atoms with van der Waals surface area (Å²) in [4.78, 5) is 26.9. The first-order chi connectivity index (χ1) is 12.6. The van der Waals surface area contributed by atoms with E-state index in [1.54, 1.807) is 7.05 Å². The molecule has 0 bridgehead atoms. The second kappa shape index (κ2) is 8.11. The maximum Gasteiger partial charge on any atom is 0.321 e. The highest BCUT2D eigenvalue weighted by atomic mass is 16.2. The monoisotopic (exact) mass is 357 g/mol. The molecule has 0 aromatic heterocycles. The van der Waals surface area contributed by atoms with Crippen molar-refractivity contribution in [2.24, 2.45) is 11.3 Å². The van der Waals surface area contributed by atoms with E-state index in [1.165, 1.54) is 18.4 Å². The van der Waals surface area contributed by atoms with Crippen molar-refractivity contribution < 1.29 is 9.59 Å². The third kappa shape index (κ3) is 3.87. The Labute approximate surface area is 156 Å². The quantitative estimate of drug-likeness (QED) is 0.842. The number of aryl methyl sites for hydroxylation is 1. The van der Waals surface area contributed by atoms with Crippen molar-refractivity contribution in [1.82, 2.24) is 10.2 Å². The fourth-order valence-electron chi connectivity index (χ4n) is 4.58. The fraction of sp³-hybridized carbons (Fsp3) is 0.619. The summed E-state index contributed by atoms with van der Waals surface area (Å²) >= 11 is 0. The Morgan fingerprint density at radius 1 is 1.19 bits per heavy atom. The lowest BCUT2D eigenvalue weighted by molar-refractivity contribution is -0.127. The number of benzene rings is 1. The Morgan fingerprint density at radius 3 is 2.50 bits per heavy atom. The van der Waals surface area contributed by atoms with Crippen LogP contribution < -0.4 is 10.6 Å². The van der Waals surface area contributed by atoms with Crippen molar-refractivity contribution >= 4 is 17.6 Å². The molecule has 1 saturated heterocycles. The molecule has 1 heterocycles. The lowest BCUT2D eigenvalue weighted by Gasteiger charge is -2.28. The van der Waals surface area contributed by atoms with Crippen LogP contribution in [0.3, 0.4) is 0 Å². The Morgan fingerprint density at radius 2 is 1.88 bits per heavy atom. The van der Waals surface area contributed by atoms with E-state index >= 15 is 0 Å². The van der Waals surface area contributed by atoms with Crippen LogP contribution in [0.2, 0.25) is 0 Å². The predicted molar refractivity (Wildman–Crippen MR) is 104 cm³/mol. The Balaban J connectivity index is 1.64. The van der Waals surface area contributed by atoms with Crippen LogP contribution in [0.15, 0.2) is 24.3 Å². The number of unbranched alkanes of at least 4 members (excludes halogenated alkanes) is 1. The van der Waals surface area contributed by atoms with Gasteiger partial charge in [-0.1, -0.05) is 38.3 Å². The highest BCUT2D eigenvalue weighted by molar-refractivity contribution is 5.90. The van der Waals surface area contributed by atoms with Gasteiger partial charge in [0.1, 0.15) is 0 Å². The molecule has 2 fully saturated rings. The average Bonchev–Trinajstić information content (AvgIpc) is 3.28. The highest BCUT2D eigenvalue weighted by Crippen LogP contribution is 2.49. The van der Waals surface area contributed by atoms with Crippen molar-refractivity contribution in [1.29, 1.82) is 0 Å². The second-order valence-corrected chi connectivity index (χ2v) is 7.85. The molecule has 1 aliphatic heterocycles. The van der Waals surface area contributed by atoms with Crippen molar-refractivity contribution in [3.05, 3.63) is 29.8 Å². The molecule has 142 valence electrons. The lowest BCUT2D eigenvalue weighted by Crippen LogP contribution is -2.38. The molecule has 26 heavy (non-hydrogen) atoms. The SMILES string of the molecule is CCCCc1ccc(NC(=O)N2C[C@H](C(=O)NC)C3(CCCC3)C2)cc1. The van der Waals surface area contributed by atoms with E-state index in [9.17, 15) is 9.59 Å². The number of amides is 3. The van der Waals surface area contributed by atoms with Gasteiger partial charge in [0, 0.05) is 31.2 Å². The minimum absolute atomic E-state index is 0.0263. The van der Waals surface area contributed by atoms with E-state index in [0.717, 1.165) is 37.8 Å². The van der Waals surface area contributed by atoms with Crippen LogP contribution in [-0.2, 0) is 11.2 Å². The largest absolute Gasteiger partial charge is 0.359 e. The van der Waals surface area contributed by atoms with Gasteiger partial charge in [0.15, 0.2) is 0 Å². The lowest BCUT2D eigenvalue weighted by atomic mass is 9.76. The molecule has 2 N–H and O–H groups in total. The van der Waals surface area contributed by atoms with Crippen LogP contribution in [0.4, 0.5) is 10.5 Å². The summed E-state index contributed by atoms with van der Waals surface area (Å²) in [5.74, 6) is -0.0142. The molecule has 1 saturated carbocycles. The zero-order valence-corrected chi connectivity index (χ0v) is 16.0.